The van der Waals surface area contributed by atoms with Gasteiger partial charge in [0, 0.05) is 42.4 Å². The summed E-state index contributed by atoms with van der Waals surface area (Å²) >= 11 is 1.93. The number of hydrogen-bond acceptors (Lipinski definition) is 1. The first-order chi connectivity index (χ1) is 26.3. The molecule has 0 aliphatic heterocycles. The molecule has 2 heteroatoms. The van der Waals surface area contributed by atoms with Gasteiger partial charge in [-0.2, -0.15) is 0 Å². The van der Waals surface area contributed by atoms with Crippen LogP contribution in [-0.2, 0) is 5.41 Å². The molecule has 2 aliphatic carbocycles. The quantitative estimate of drug-likeness (QED) is 0.174. The highest BCUT2D eigenvalue weighted by Crippen LogP contribution is 2.64. The van der Waals surface area contributed by atoms with Gasteiger partial charge in [-0.15, -0.1) is 11.3 Å². The molecular formula is C51H31NS. The van der Waals surface area contributed by atoms with Crippen molar-refractivity contribution in [3.05, 3.63) is 210 Å². The number of rotatable bonds is 3. The molecular weight excluding hydrogens is 659 g/mol. The Labute approximate surface area is 311 Å². The van der Waals surface area contributed by atoms with Crippen molar-refractivity contribution in [1.29, 1.82) is 0 Å². The molecule has 246 valence electrons. The molecule has 2 aromatic heterocycles. The molecule has 53 heavy (non-hydrogen) atoms. The second kappa shape index (κ2) is 10.8. The first kappa shape index (κ1) is 29.1. The first-order valence-corrected chi connectivity index (χ1v) is 19.2. The summed E-state index contributed by atoms with van der Waals surface area (Å²) in [6.45, 7) is 0. The maximum Gasteiger partial charge on any atom is 0.0726 e. The molecule has 0 saturated heterocycles. The Morgan fingerprint density at radius 2 is 1.02 bits per heavy atom. The van der Waals surface area contributed by atoms with E-state index in [-0.39, 0.29) is 0 Å². The number of hydrogen-bond donors (Lipinski definition) is 0. The van der Waals surface area contributed by atoms with E-state index in [0.717, 1.165) is 0 Å². The molecule has 1 nitrogen and oxygen atoms in total. The zero-order valence-corrected chi connectivity index (χ0v) is 29.6. The van der Waals surface area contributed by atoms with E-state index in [9.17, 15) is 0 Å². The molecule has 0 saturated carbocycles. The van der Waals surface area contributed by atoms with Gasteiger partial charge in [-0.3, -0.25) is 0 Å². The van der Waals surface area contributed by atoms with Crippen molar-refractivity contribution < 1.29 is 0 Å². The minimum atomic E-state index is -0.448. The molecule has 1 atom stereocenters. The van der Waals surface area contributed by atoms with Gasteiger partial charge in [-0.25, -0.2) is 0 Å². The summed E-state index contributed by atoms with van der Waals surface area (Å²) in [5.74, 6) is 0. The minimum Gasteiger partial charge on any atom is -0.309 e. The zero-order chi connectivity index (χ0) is 34.7. The number of thiophene rings is 1. The van der Waals surface area contributed by atoms with Crippen molar-refractivity contribution in [2.75, 3.05) is 0 Å². The second-order valence-corrected chi connectivity index (χ2v) is 15.4. The first-order valence-electron chi connectivity index (χ1n) is 18.4. The lowest BCUT2D eigenvalue weighted by molar-refractivity contribution is 0.793. The van der Waals surface area contributed by atoms with Gasteiger partial charge in [0.25, 0.3) is 0 Å². The molecule has 8 aromatic carbocycles. The van der Waals surface area contributed by atoms with Gasteiger partial charge < -0.3 is 4.57 Å². The van der Waals surface area contributed by atoms with Crippen LogP contribution in [-0.4, -0.2) is 4.57 Å². The van der Waals surface area contributed by atoms with E-state index in [1.807, 2.05) is 11.3 Å². The number of para-hydroxylation sites is 1. The third kappa shape index (κ3) is 3.76. The van der Waals surface area contributed by atoms with E-state index in [4.69, 9.17) is 0 Å². The van der Waals surface area contributed by atoms with E-state index < -0.39 is 5.41 Å². The van der Waals surface area contributed by atoms with Crippen LogP contribution in [0.4, 0.5) is 0 Å². The lowest BCUT2D eigenvalue weighted by Crippen LogP contribution is -2.26. The van der Waals surface area contributed by atoms with Crippen LogP contribution in [0.15, 0.2) is 188 Å². The molecule has 2 aliphatic rings. The van der Waals surface area contributed by atoms with E-state index >= 15 is 0 Å². The van der Waals surface area contributed by atoms with Gasteiger partial charge in [0.05, 0.1) is 16.6 Å². The molecule has 0 amide bonds. The fraction of sp³-hybridized carbons (Fsp3) is 0.0196. The summed E-state index contributed by atoms with van der Waals surface area (Å²) in [5.41, 5.74) is 17.6. The van der Waals surface area contributed by atoms with Crippen LogP contribution in [0.3, 0.4) is 0 Å². The Morgan fingerprint density at radius 3 is 1.83 bits per heavy atom. The van der Waals surface area contributed by atoms with Crippen LogP contribution in [0.25, 0.3) is 81.4 Å². The van der Waals surface area contributed by atoms with E-state index in [2.05, 4.69) is 193 Å². The lowest BCUT2D eigenvalue weighted by atomic mass is 9.70. The summed E-state index contributed by atoms with van der Waals surface area (Å²) in [7, 11) is 0. The maximum absolute atomic E-state index is 2.52. The van der Waals surface area contributed by atoms with Crippen LogP contribution in [0.5, 0.6) is 0 Å². The normalized spacial score (nSPS) is 15.2. The highest BCUT2D eigenvalue weighted by atomic mass is 32.1. The van der Waals surface area contributed by atoms with Crippen molar-refractivity contribution in [2.24, 2.45) is 0 Å². The molecule has 0 radical (unpaired) electrons. The molecule has 0 fully saturated rings. The fourth-order valence-electron chi connectivity index (χ4n) is 9.80. The topological polar surface area (TPSA) is 4.93 Å². The lowest BCUT2D eigenvalue weighted by Gasteiger charge is -2.31. The monoisotopic (exact) mass is 689 g/mol. The van der Waals surface area contributed by atoms with Gasteiger partial charge in [-0.05, 0) is 74.3 Å². The maximum atomic E-state index is 2.52. The van der Waals surface area contributed by atoms with Crippen LogP contribution >= 0.6 is 11.3 Å². The fourth-order valence-corrected chi connectivity index (χ4v) is 11.1. The second-order valence-electron chi connectivity index (χ2n) is 14.3. The Hall–Kier alpha value is -6.48. The van der Waals surface area contributed by atoms with Crippen LogP contribution in [0.1, 0.15) is 22.3 Å². The molecule has 10 aromatic rings. The largest absolute Gasteiger partial charge is 0.309 e. The molecule has 1 unspecified atom stereocenters. The van der Waals surface area contributed by atoms with Gasteiger partial charge in [0.1, 0.15) is 0 Å². The number of aromatic nitrogens is 1. The highest BCUT2D eigenvalue weighted by molar-refractivity contribution is 7.26. The van der Waals surface area contributed by atoms with Crippen molar-refractivity contribution in [3.8, 4) is 50.3 Å². The summed E-state index contributed by atoms with van der Waals surface area (Å²) in [6, 6.07) is 70.0. The summed E-state index contributed by atoms with van der Waals surface area (Å²) < 4.78 is 5.23. The van der Waals surface area contributed by atoms with Crippen LogP contribution in [0, 0.1) is 0 Å². The number of nitrogens with zero attached hydrogens (tertiary/aromatic N) is 1. The van der Waals surface area contributed by atoms with Gasteiger partial charge >= 0.3 is 0 Å². The summed E-state index contributed by atoms with van der Waals surface area (Å²) in [5, 5.41) is 3.93. The third-order valence-corrected chi connectivity index (χ3v) is 13.0. The van der Waals surface area contributed by atoms with Crippen molar-refractivity contribution in [3.63, 3.8) is 0 Å². The van der Waals surface area contributed by atoms with Crippen LogP contribution in [0.2, 0.25) is 0 Å². The highest BCUT2D eigenvalue weighted by Gasteiger charge is 2.52. The minimum absolute atomic E-state index is 0.448. The average molecular weight is 690 g/mol. The third-order valence-electron chi connectivity index (χ3n) is 11.8. The van der Waals surface area contributed by atoms with Gasteiger partial charge in [0.2, 0.25) is 0 Å². The van der Waals surface area contributed by atoms with Crippen molar-refractivity contribution in [2.45, 2.75) is 5.41 Å². The van der Waals surface area contributed by atoms with Crippen LogP contribution < -0.4 is 0 Å². The molecule has 2 heterocycles. The molecule has 0 bridgehead atoms. The predicted octanol–water partition coefficient (Wildman–Crippen LogP) is 13.7. The van der Waals surface area contributed by atoms with E-state index in [1.165, 1.54) is 104 Å². The Morgan fingerprint density at radius 1 is 0.396 bits per heavy atom. The average Bonchev–Trinajstić information content (AvgIpc) is 3.95. The van der Waals surface area contributed by atoms with E-state index in [0.29, 0.717) is 0 Å². The predicted molar refractivity (Wildman–Crippen MR) is 223 cm³/mol. The smallest absolute Gasteiger partial charge is 0.0726 e. The standard InChI is InChI=1S/C51H31NS/c1-3-15-32(16-4-1)47-40-22-9-13-25-45(40)52(49(47)33-17-5-2-6-18-33)34-27-28-36-35-19-7-11-23-41(35)51(44(36)31-34)42-24-12-8-21-39(42)48-43(51)30-29-38-37-20-10-14-26-46(37)53-50(38)48/h1-31H. The Kier molecular flexibility index (Phi) is 5.92. The number of fused-ring (bicyclic) bond motifs is 15. The van der Waals surface area contributed by atoms with Gasteiger partial charge in [-0.1, -0.05) is 164 Å². The Bertz CT molecular complexity index is 3110. The number of benzene rings is 8. The van der Waals surface area contributed by atoms with Gasteiger partial charge in [0.15, 0.2) is 0 Å². The molecule has 1 spiro atoms. The molecule has 0 N–H and O–H groups in total. The zero-order valence-electron chi connectivity index (χ0n) is 28.8. The van der Waals surface area contributed by atoms with E-state index in [1.54, 1.807) is 0 Å². The molecule has 12 rings (SSSR count). The van der Waals surface area contributed by atoms with Crippen molar-refractivity contribution in [1.82, 2.24) is 4.57 Å². The Balaban J connectivity index is 1.21. The summed E-state index contributed by atoms with van der Waals surface area (Å²) in [4.78, 5) is 0. The summed E-state index contributed by atoms with van der Waals surface area (Å²) in [6.07, 6.45) is 0. The van der Waals surface area contributed by atoms with Crippen molar-refractivity contribution >= 4 is 42.4 Å². The SMILES string of the molecule is c1ccc(-c2c(-c3ccccc3)n(-c3ccc4c(c3)C3(c5ccccc5-4)c4ccccc4-c4c3ccc3c4sc4ccccc43)c3ccccc23)cc1.